The lowest BCUT2D eigenvalue weighted by atomic mass is 10.1. The van der Waals surface area contributed by atoms with Gasteiger partial charge in [0.1, 0.15) is 16.5 Å². The summed E-state index contributed by atoms with van der Waals surface area (Å²) in [5.74, 6) is 0.614. The third-order valence-electron chi connectivity index (χ3n) is 2.91. The summed E-state index contributed by atoms with van der Waals surface area (Å²) in [6, 6.07) is 8.28. The summed E-state index contributed by atoms with van der Waals surface area (Å²) >= 11 is 5.05. The van der Waals surface area contributed by atoms with Crippen LogP contribution in [-0.4, -0.2) is 15.9 Å². The molecule has 1 aromatic carbocycles. The molecule has 6 heteroatoms. The molecule has 5 nitrogen and oxygen atoms in total. The van der Waals surface area contributed by atoms with Crippen molar-refractivity contribution in [3.8, 4) is 11.5 Å². The Bertz CT molecular complexity index is 712. The van der Waals surface area contributed by atoms with Gasteiger partial charge in [-0.25, -0.2) is 0 Å². The molecule has 0 atom stereocenters. The normalized spacial score (nSPS) is 10.2. The topological polar surface area (TPSA) is 91.2 Å². The zero-order chi connectivity index (χ0) is 15.6. The van der Waals surface area contributed by atoms with Gasteiger partial charge >= 0.3 is 0 Å². The molecule has 0 radical (unpaired) electrons. The summed E-state index contributed by atoms with van der Waals surface area (Å²) in [6.45, 7) is 3.68. The molecule has 2 aromatic rings. The maximum Gasteiger partial charge on any atom is 0.248 e. The number of benzene rings is 1. The Kier molecular flexibility index (Phi) is 4.18. The van der Waals surface area contributed by atoms with E-state index in [1.54, 1.807) is 30.3 Å². The molecule has 1 aromatic heterocycles. The van der Waals surface area contributed by atoms with Gasteiger partial charge in [-0.15, -0.1) is 0 Å². The molecule has 108 valence electrons. The van der Waals surface area contributed by atoms with Crippen molar-refractivity contribution < 1.29 is 9.53 Å². The minimum atomic E-state index is -0.485. The first kappa shape index (κ1) is 14.9. The fourth-order valence-electron chi connectivity index (χ4n) is 1.99. The summed E-state index contributed by atoms with van der Waals surface area (Å²) < 4.78 is 5.81. The van der Waals surface area contributed by atoms with Gasteiger partial charge < -0.3 is 16.2 Å². The first-order valence-electron chi connectivity index (χ1n) is 6.24. The van der Waals surface area contributed by atoms with Crippen LogP contribution in [0.4, 0.5) is 0 Å². The van der Waals surface area contributed by atoms with Crippen molar-refractivity contribution in [1.29, 1.82) is 0 Å². The average molecular weight is 301 g/mol. The number of aryl methyl sites for hydroxylation is 2. The summed E-state index contributed by atoms with van der Waals surface area (Å²) in [6.07, 6.45) is 0. The highest BCUT2D eigenvalue weighted by Gasteiger charge is 2.13. The van der Waals surface area contributed by atoms with Crippen molar-refractivity contribution in [3.05, 3.63) is 52.8 Å². The smallest absolute Gasteiger partial charge is 0.248 e. The van der Waals surface area contributed by atoms with Crippen molar-refractivity contribution in [2.75, 3.05) is 0 Å². The maximum atomic E-state index is 11.0. The van der Waals surface area contributed by atoms with Crippen LogP contribution in [0.15, 0.2) is 30.3 Å². The van der Waals surface area contributed by atoms with Crippen molar-refractivity contribution in [2.45, 2.75) is 13.8 Å². The Hall–Kier alpha value is -2.47. The third-order valence-corrected chi connectivity index (χ3v) is 3.11. The Labute approximate surface area is 127 Å². The number of nitrogens with zero attached hydrogens (tertiary/aromatic N) is 1. The van der Waals surface area contributed by atoms with E-state index in [0.717, 1.165) is 5.69 Å². The second-order valence-electron chi connectivity index (χ2n) is 4.58. The second-order valence-corrected chi connectivity index (χ2v) is 5.02. The van der Waals surface area contributed by atoms with Crippen LogP contribution in [-0.2, 0) is 0 Å². The number of pyridine rings is 1. The number of ether oxygens (including phenoxy) is 1. The Morgan fingerprint density at radius 3 is 2.33 bits per heavy atom. The Morgan fingerprint density at radius 1 is 1.19 bits per heavy atom. The van der Waals surface area contributed by atoms with E-state index in [-0.39, 0.29) is 4.99 Å². The van der Waals surface area contributed by atoms with Crippen LogP contribution in [0.5, 0.6) is 11.5 Å². The molecule has 0 bridgehead atoms. The molecule has 1 amide bonds. The van der Waals surface area contributed by atoms with Crippen LogP contribution in [0.3, 0.4) is 0 Å². The third kappa shape index (κ3) is 3.35. The molecule has 4 N–H and O–H groups in total. The summed E-state index contributed by atoms with van der Waals surface area (Å²) in [7, 11) is 0. The molecule has 2 rings (SSSR count). The quantitative estimate of drug-likeness (QED) is 0.845. The minimum Gasteiger partial charge on any atom is -0.456 e. The van der Waals surface area contributed by atoms with Gasteiger partial charge in [-0.3, -0.25) is 9.78 Å². The molecule has 0 fully saturated rings. The molecular formula is C15H15N3O2S. The lowest BCUT2D eigenvalue weighted by Crippen LogP contribution is -2.14. The number of carbonyl (C=O) groups is 1. The second kappa shape index (κ2) is 5.88. The SMILES string of the molecule is Cc1cc(Oc2ccc(C(N)=O)cc2)c(C(N)=S)c(C)n1. The van der Waals surface area contributed by atoms with Gasteiger partial charge in [-0.05, 0) is 38.1 Å². The number of hydrogen-bond donors (Lipinski definition) is 2. The van der Waals surface area contributed by atoms with Gasteiger partial charge in [-0.1, -0.05) is 12.2 Å². The van der Waals surface area contributed by atoms with Gasteiger partial charge in [0, 0.05) is 17.3 Å². The van der Waals surface area contributed by atoms with Crippen LogP contribution < -0.4 is 16.2 Å². The zero-order valence-corrected chi connectivity index (χ0v) is 12.5. The molecule has 0 saturated heterocycles. The van der Waals surface area contributed by atoms with E-state index < -0.39 is 5.91 Å². The zero-order valence-electron chi connectivity index (χ0n) is 11.7. The number of amides is 1. The van der Waals surface area contributed by atoms with E-state index in [1.807, 2.05) is 13.8 Å². The fraction of sp³-hybridized carbons (Fsp3) is 0.133. The van der Waals surface area contributed by atoms with Gasteiger partial charge in [0.2, 0.25) is 5.91 Å². The Balaban J connectivity index is 2.39. The molecule has 0 unspecified atom stereocenters. The maximum absolute atomic E-state index is 11.0. The monoisotopic (exact) mass is 301 g/mol. The molecule has 0 saturated carbocycles. The van der Waals surface area contributed by atoms with E-state index in [9.17, 15) is 4.79 Å². The first-order chi connectivity index (χ1) is 9.88. The van der Waals surface area contributed by atoms with E-state index in [2.05, 4.69) is 4.98 Å². The van der Waals surface area contributed by atoms with Crippen LogP contribution >= 0.6 is 12.2 Å². The van der Waals surface area contributed by atoms with Crippen LogP contribution in [0, 0.1) is 13.8 Å². The number of nitrogens with two attached hydrogens (primary N) is 2. The molecular weight excluding hydrogens is 286 g/mol. The van der Waals surface area contributed by atoms with Crippen molar-refractivity contribution in [3.63, 3.8) is 0 Å². The summed E-state index contributed by atoms with van der Waals surface area (Å²) in [5, 5.41) is 0. The van der Waals surface area contributed by atoms with Crippen molar-refractivity contribution in [1.82, 2.24) is 4.98 Å². The van der Waals surface area contributed by atoms with E-state index >= 15 is 0 Å². The first-order valence-corrected chi connectivity index (χ1v) is 6.65. The van der Waals surface area contributed by atoms with Crippen LogP contribution in [0.25, 0.3) is 0 Å². The van der Waals surface area contributed by atoms with Crippen LogP contribution in [0.1, 0.15) is 27.3 Å². The Morgan fingerprint density at radius 2 is 1.81 bits per heavy atom. The fourth-order valence-corrected chi connectivity index (χ4v) is 2.24. The minimum absolute atomic E-state index is 0.226. The van der Waals surface area contributed by atoms with Gasteiger partial charge in [0.15, 0.2) is 0 Å². The molecule has 1 heterocycles. The summed E-state index contributed by atoms with van der Waals surface area (Å²) in [4.78, 5) is 15.6. The number of hydrogen-bond acceptors (Lipinski definition) is 4. The lowest BCUT2D eigenvalue weighted by Gasteiger charge is -2.13. The number of primary amides is 1. The van der Waals surface area contributed by atoms with Crippen molar-refractivity contribution in [2.24, 2.45) is 11.5 Å². The number of thiocarbonyl (C=S) groups is 1. The number of rotatable bonds is 4. The summed E-state index contributed by atoms with van der Waals surface area (Å²) in [5.41, 5.74) is 13.5. The molecule has 0 aliphatic carbocycles. The van der Waals surface area contributed by atoms with E-state index in [0.29, 0.717) is 28.3 Å². The largest absolute Gasteiger partial charge is 0.456 e. The van der Waals surface area contributed by atoms with Crippen LogP contribution in [0.2, 0.25) is 0 Å². The number of aromatic nitrogens is 1. The van der Waals surface area contributed by atoms with Gasteiger partial charge in [0.05, 0.1) is 11.3 Å². The predicted molar refractivity (Wildman–Crippen MR) is 84.6 cm³/mol. The van der Waals surface area contributed by atoms with E-state index in [1.165, 1.54) is 0 Å². The molecule has 0 spiro atoms. The van der Waals surface area contributed by atoms with Gasteiger partial charge in [0.25, 0.3) is 0 Å². The highest BCUT2D eigenvalue weighted by Crippen LogP contribution is 2.28. The molecule has 21 heavy (non-hydrogen) atoms. The molecule has 0 aliphatic rings. The standard InChI is InChI=1S/C15H15N3O2S/c1-8-7-12(13(15(17)21)9(2)18-8)20-11-5-3-10(4-6-11)14(16)19/h3-7H,1-2H3,(H2,16,19)(H2,17,21). The number of carbonyl (C=O) groups excluding carboxylic acids is 1. The average Bonchev–Trinajstić information content (AvgIpc) is 2.37. The van der Waals surface area contributed by atoms with Gasteiger partial charge in [-0.2, -0.15) is 0 Å². The van der Waals surface area contributed by atoms with Crippen molar-refractivity contribution >= 4 is 23.1 Å². The molecule has 0 aliphatic heterocycles. The highest BCUT2D eigenvalue weighted by atomic mass is 32.1. The predicted octanol–water partition coefficient (Wildman–Crippen LogP) is 2.22. The highest BCUT2D eigenvalue weighted by molar-refractivity contribution is 7.80. The van der Waals surface area contributed by atoms with E-state index in [4.69, 9.17) is 28.4 Å². The lowest BCUT2D eigenvalue weighted by molar-refractivity contribution is 0.100.